The summed E-state index contributed by atoms with van der Waals surface area (Å²) in [5.41, 5.74) is 1.15. The monoisotopic (exact) mass is 338 g/mol. The summed E-state index contributed by atoms with van der Waals surface area (Å²) in [5.74, 6) is -1.25. The summed E-state index contributed by atoms with van der Waals surface area (Å²) in [4.78, 5) is 22.8. The fraction of sp³-hybridized carbons (Fsp3) is 0.312. The van der Waals surface area contributed by atoms with Crippen LogP contribution in [0.3, 0.4) is 0 Å². The van der Waals surface area contributed by atoms with E-state index in [-0.39, 0.29) is 12.6 Å². The first-order valence-corrected chi connectivity index (χ1v) is 9.84. The van der Waals surface area contributed by atoms with Crippen LogP contribution in [-0.4, -0.2) is 22.1 Å². The Hall–Kier alpha value is -1.42. The van der Waals surface area contributed by atoms with Gasteiger partial charge in [0.2, 0.25) is 7.37 Å². The number of carbonyl (C=O) groups is 1. The molecule has 22 heavy (non-hydrogen) atoms. The minimum absolute atomic E-state index is 0.0155. The van der Waals surface area contributed by atoms with Crippen LogP contribution in [0, 0.1) is 0 Å². The zero-order valence-electron chi connectivity index (χ0n) is 12.3. The third kappa shape index (κ3) is 3.02. The van der Waals surface area contributed by atoms with E-state index < -0.39 is 18.5 Å². The van der Waals surface area contributed by atoms with Crippen molar-refractivity contribution in [3.05, 3.63) is 58.3 Å². The van der Waals surface area contributed by atoms with E-state index in [4.69, 9.17) is 0 Å². The fourth-order valence-electron chi connectivity index (χ4n) is 2.67. The third-order valence-corrected chi connectivity index (χ3v) is 7.35. The lowest BCUT2D eigenvalue weighted by molar-refractivity contribution is -0.140. The van der Waals surface area contributed by atoms with E-state index >= 15 is 0 Å². The number of carboxylic acid groups (broad SMARTS) is 1. The van der Waals surface area contributed by atoms with Gasteiger partial charge in [-0.2, -0.15) is 11.3 Å². The van der Waals surface area contributed by atoms with Crippen molar-refractivity contribution in [2.24, 2.45) is 0 Å². The Labute approximate surface area is 133 Å². The van der Waals surface area contributed by atoms with Gasteiger partial charge in [-0.15, -0.1) is 0 Å². The summed E-state index contributed by atoms with van der Waals surface area (Å²) < 4.78 is 13.0. The second-order valence-electron chi connectivity index (χ2n) is 5.27. The van der Waals surface area contributed by atoms with Gasteiger partial charge in [0.05, 0.1) is 0 Å². The summed E-state index contributed by atoms with van der Waals surface area (Å²) in [7, 11) is -3.95. The molecule has 1 aromatic heterocycles. The van der Waals surface area contributed by atoms with Crippen LogP contribution in [-0.2, 0) is 20.9 Å². The highest BCUT2D eigenvalue weighted by Gasteiger charge is 2.54. The maximum atomic E-state index is 13.0. The zero-order valence-corrected chi connectivity index (χ0v) is 14.0. The minimum Gasteiger partial charge on any atom is -0.480 e. The Bertz CT molecular complexity index is 669. The molecule has 0 spiro atoms. The number of benzene rings is 1. The van der Waals surface area contributed by atoms with Gasteiger partial charge in [0, 0.05) is 12.6 Å². The molecule has 2 atom stereocenters. The van der Waals surface area contributed by atoms with Crippen LogP contribution in [0.5, 0.6) is 0 Å². The number of rotatable bonds is 7. The lowest BCUT2D eigenvalue weighted by Crippen LogP contribution is -2.38. The molecule has 2 unspecified atom stereocenters. The number of hydrogen-bond acceptors (Lipinski definition) is 3. The van der Waals surface area contributed by atoms with Gasteiger partial charge < -0.3 is 10.00 Å². The zero-order chi connectivity index (χ0) is 16.2. The van der Waals surface area contributed by atoms with Gasteiger partial charge >= 0.3 is 5.97 Å². The van der Waals surface area contributed by atoms with E-state index in [1.165, 1.54) is 11.3 Å². The summed E-state index contributed by atoms with van der Waals surface area (Å²) in [6, 6.07) is 10.2. The van der Waals surface area contributed by atoms with Crippen molar-refractivity contribution in [3.63, 3.8) is 0 Å². The maximum Gasteiger partial charge on any atom is 0.324 e. The first-order chi connectivity index (χ1) is 10.4. The molecule has 2 N–H and O–H groups in total. The third-order valence-electron chi connectivity index (χ3n) is 3.77. The van der Waals surface area contributed by atoms with Crippen molar-refractivity contribution < 1.29 is 19.4 Å². The Morgan fingerprint density at radius 1 is 1.27 bits per heavy atom. The lowest BCUT2D eigenvalue weighted by Gasteiger charge is -2.34. The van der Waals surface area contributed by atoms with Crippen LogP contribution in [0.25, 0.3) is 0 Å². The van der Waals surface area contributed by atoms with E-state index in [9.17, 15) is 19.4 Å². The first-order valence-electron chi connectivity index (χ1n) is 7.06. The summed E-state index contributed by atoms with van der Waals surface area (Å²) in [5, 5.41) is 11.8. The van der Waals surface area contributed by atoms with Crippen molar-refractivity contribution in [1.82, 2.24) is 0 Å². The molecule has 0 aliphatic heterocycles. The first kappa shape index (κ1) is 16.9. The molecule has 2 rings (SSSR count). The molecule has 0 amide bonds. The van der Waals surface area contributed by atoms with Gasteiger partial charge in [0.1, 0.15) is 0 Å². The van der Waals surface area contributed by atoms with E-state index in [1.807, 2.05) is 10.8 Å². The van der Waals surface area contributed by atoms with Crippen molar-refractivity contribution in [2.45, 2.75) is 24.9 Å². The van der Waals surface area contributed by atoms with Gasteiger partial charge in [-0.25, -0.2) is 0 Å². The van der Waals surface area contributed by atoms with E-state index in [0.717, 1.165) is 5.56 Å². The Morgan fingerprint density at radius 2 is 1.95 bits per heavy atom. The molecular formula is C16H19O4PS. The van der Waals surface area contributed by atoms with Crippen LogP contribution < -0.4 is 0 Å². The standard InChI is InChI=1S/C16H19O4PS/c1-2-9-21(19,20)16(15(17)18,11-13-8-10-22-12-13)14-6-4-3-5-7-14/h3-8,10,12H,2,9,11H2,1H3,(H,17,18)(H,19,20). The predicted molar refractivity (Wildman–Crippen MR) is 88.8 cm³/mol. The molecule has 1 aromatic carbocycles. The molecule has 0 fully saturated rings. The van der Waals surface area contributed by atoms with Gasteiger partial charge in [-0.3, -0.25) is 9.36 Å². The number of carboxylic acids is 1. The van der Waals surface area contributed by atoms with Crippen LogP contribution in [0.4, 0.5) is 0 Å². The molecule has 2 aromatic rings. The quantitative estimate of drug-likeness (QED) is 0.750. The number of thiophene rings is 1. The smallest absolute Gasteiger partial charge is 0.324 e. The van der Waals surface area contributed by atoms with E-state index in [0.29, 0.717) is 12.0 Å². The van der Waals surface area contributed by atoms with E-state index in [1.54, 1.807) is 43.3 Å². The normalized spacial score (nSPS) is 16.6. The van der Waals surface area contributed by atoms with Gasteiger partial charge in [-0.05, 0) is 34.4 Å². The second kappa shape index (κ2) is 6.78. The average molecular weight is 338 g/mol. The maximum absolute atomic E-state index is 13.0. The van der Waals surface area contributed by atoms with E-state index in [2.05, 4.69) is 0 Å². The topological polar surface area (TPSA) is 74.6 Å². The highest BCUT2D eigenvalue weighted by Crippen LogP contribution is 2.62. The largest absolute Gasteiger partial charge is 0.480 e. The average Bonchev–Trinajstić information content (AvgIpc) is 2.98. The SMILES string of the molecule is CCCP(=O)(O)C(Cc1ccsc1)(C(=O)O)c1ccccc1. The number of aliphatic carboxylic acids is 1. The fourth-order valence-corrected chi connectivity index (χ4v) is 5.61. The minimum atomic E-state index is -3.95. The molecule has 1 heterocycles. The molecule has 0 aliphatic carbocycles. The predicted octanol–water partition coefficient (Wildman–Crippen LogP) is 3.95. The molecule has 4 nitrogen and oxygen atoms in total. The molecule has 0 saturated carbocycles. The van der Waals surface area contributed by atoms with Gasteiger partial charge in [0.15, 0.2) is 5.16 Å². The molecule has 0 bridgehead atoms. The van der Waals surface area contributed by atoms with Crippen molar-refractivity contribution >= 4 is 24.7 Å². The van der Waals surface area contributed by atoms with Gasteiger partial charge in [0.25, 0.3) is 0 Å². The lowest BCUT2D eigenvalue weighted by atomic mass is 9.92. The highest BCUT2D eigenvalue weighted by molar-refractivity contribution is 7.60. The van der Waals surface area contributed by atoms with Crippen molar-refractivity contribution in [3.8, 4) is 0 Å². The summed E-state index contributed by atoms with van der Waals surface area (Å²) in [6.45, 7) is 1.78. The molecule has 0 saturated heterocycles. The van der Waals surface area contributed by atoms with Gasteiger partial charge in [-0.1, -0.05) is 37.3 Å². The Morgan fingerprint density at radius 3 is 2.45 bits per heavy atom. The van der Waals surface area contributed by atoms with Crippen LogP contribution in [0.2, 0.25) is 0 Å². The molecule has 0 aliphatic rings. The van der Waals surface area contributed by atoms with Crippen molar-refractivity contribution in [1.29, 1.82) is 0 Å². The molecular weight excluding hydrogens is 319 g/mol. The molecule has 6 heteroatoms. The molecule has 0 radical (unpaired) electrons. The van der Waals surface area contributed by atoms with Crippen LogP contribution >= 0.6 is 18.7 Å². The van der Waals surface area contributed by atoms with Crippen LogP contribution in [0.15, 0.2) is 47.2 Å². The van der Waals surface area contributed by atoms with Crippen LogP contribution in [0.1, 0.15) is 24.5 Å². The Balaban J connectivity index is 2.65. The highest BCUT2D eigenvalue weighted by atomic mass is 32.1. The van der Waals surface area contributed by atoms with Crippen molar-refractivity contribution in [2.75, 3.05) is 6.16 Å². The summed E-state index contributed by atoms with van der Waals surface area (Å²) in [6.07, 6.45) is 0.460. The summed E-state index contributed by atoms with van der Waals surface area (Å²) >= 11 is 1.45. The second-order valence-corrected chi connectivity index (χ2v) is 8.66. The molecule has 118 valence electrons. The Kier molecular flexibility index (Phi) is 5.22. The number of hydrogen-bond donors (Lipinski definition) is 2.